The lowest BCUT2D eigenvalue weighted by Crippen LogP contribution is -2.47. The van der Waals surface area contributed by atoms with Crippen molar-refractivity contribution in [2.24, 2.45) is 7.05 Å². The van der Waals surface area contributed by atoms with Crippen LogP contribution >= 0.6 is 0 Å². The number of benzene rings is 1. The molecule has 0 saturated carbocycles. The fraction of sp³-hybridized carbons (Fsp3) is 0.389. The first-order chi connectivity index (χ1) is 12.2. The average molecular weight is 338 g/mol. The van der Waals surface area contributed by atoms with Crippen molar-refractivity contribution < 1.29 is 5.11 Å². The monoisotopic (exact) mass is 338 g/mol. The van der Waals surface area contributed by atoms with Crippen molar-refractivity contribution in [1.29, 1.82) is 0 Å². The standard InChI is InChI=1S/C18H22N6O/c1-3-16-20-17-13(12-19-22(17)2)18(21-16)24-10-8-23(9-11-24)14-6-4-5-7-15(14)25/h4-7,12,25H,3,8-11H2,1-2H3. The second-order valence-electron chi connectivity index (χ2n) is 6.29. The van der Waals surface area contributed by atoms with E-state index in [2.05, 4.69) is 26.8 Å². The Morgan fingerprint density at radius 1 is 1.04 bits per heavy atom. The molecule has 7 nitrogen and oxygen atoms in total. The Balaban J connectivity index is 1.61. The van der Waals surface area contributed by atoms with Gasteiger partial charge in [0.05, 0.1) is 17.3 Å². The van der Waals surface area contributed by atoms with Gasteiger partial charge < -0.3 is 14.9 Å². The number of para-hydroxylation sites is 2. The minimum absolute atomic E-state index is 0.334. The normalized spacial score (nSPS) is 15.1. The molecule has 1 fully saturated rings. The molecule has 1 N–H and O–H groups in total. The molecule has 1 aliphatic heterocycles. The number of anilines is 2. The lowest BCUT2D eigenvalue weighted by Gasteiger charge is -2.37. The van der Waals surface area contributed by atoms with Gasteiger partial charge in [-0.25, -0.2) is 9.97 Å². The van der Waals surface area contributed by atoms with Gasteiger partial charge in [-0.2, -0.15) is 5.10 Å². The lowest BCUT2D eigenvalue weighted by molar-refractivity contribution is 0.472. The number of aryl methyl sites for hydroxylation is 2. The zero-order chi connectivity index (χ0) is 17.4. The van der Waals surface area contributed by atoms with Crippen molar-refractivity contribution in [2.75, 3.05) is 36.0 Å². The highest BCUT2D eigenvalue weighted by Crippen LogP contribution is 2.29. The molecule has 4 rings (SSSR count). The van der Waals surface area contributed by atoms with Crippen LogP contribution < -0.4 is 9.80 Å². The summed E-state index contributed by atoms with van der Waals surface area (Å²) >= 11 is 0. The van der Waals surface area contributed by atoms with E-state index in [-0.39, 0.29) is 0 Å². The van der Waals surface area contributed by atoms with Crippen LogP contribution in [-0.4, -0.2) is 51.0 Å². The summed E-state index contributed by atoms with van der Waals surface area (Å²) in [5.74, 6) is 2.14. The number of rotatable bonds is 3. The number of hydrogen-bond donors (Lipinski definition) is 1. The number of aromatic nitrogens is 4. The Morgan fingerprint density at radius 3 is 2.48 bits per heavy atom. The molecular formula is C18H22N6O. The number of phenols is 1. The molecule has 0 aliphatic carbocycles. The van der Waals surface area contributed by atoms with Gasteiger partial charge in [0.2, 0.25) is 0 Å². The van der Waals surface area contributed by atoms with E-state index >= 15 is 0 Å². The average Bonchev–Trinajstić information content (AvgIpc) is 3.03. The molecule has 25 heavy (non-hydrogen) atoms. The molecule has 130 valence electrons. The Bertz CT molecular complexity index is 898. The topological polar surface area (TPSA) is 70.3 Å². The van der Waals surface area contributed by atoms with E-state index < -0.39 is 0 Å². The summed E-state index contributed by atoms with van der Waals surface area (Å²) in [5.41, 5.74) is 1.77. The molecule has 2 aromatic heterocycles. The molecule has 0 radical (unpaired) electrons. The molecule has 3 heterocycles. The van der Waals surface area contributed by atoms with Crippen molar-refractivity contribution in [2.45, 2.75) is 13.3 Å². The third-order valence-corrected chi connectivity index (χ3v) is 4.74. The highest BCUT2D eigenvalue weighted by Gasteiger charge is 2.23. The van der Waals surface area contributed by atoms with Gasteiger partial charge in [0.15, 0.2) is 5.65 Å². The summed E-state index contributed by atoms with van der Waals surface area (Å²) in [5, 5.41) is 15.4. The summed E-state index contributed by atoms with van der Waals surface area (Å²) in [7, 11) is 1.91. The van der Waals surface area contributed by atoms with Crippen LogP contribution in [0, 0.1) is 0 Å². The highest BCUT2D eigenvalue weighted by molar-refractivity contribution is 5.87. The van der Waals surface area contributed by atoms with Crippen LogP contribution in [0.2, 0.25) is 0 Å². The SMILES string of the molecule is CCc1nc(N2CCN(c3ccccc3O)CC2)c2cnn(C)c2n1. The first-order valence-corrected chi connectivity index (χ1v) is 8.64. The van der Waals surface area contributed by atoms with Crippen molar-refractivity contribution in [3.8, 4) is 5.75 Å². The molecule has 0 spiro atoms. The largest absolute Gasteiger partial charge is 0.506 e. The van der Waals surface area contributed by atoms with Crippen molar-refractivity contribution in [3.05, 3.63) is 36.3 Å². The number of fused-ring (bicyclic) bond motifs is 1. The van der Waals surface area contributed by atoms with Gasteiger partial charge in [-0.15, -0.1) is 0 Å². The molecular weight excluding hydrogens is 316 g/mol. The quantitative estimate of drug-likeness (QED) is 0.787. The van der Waals surface area contributed by atoms with Gasteiger partial charge in [-0.3, -0.25) is 4.68 Å². The molecule has 1 saturated heterocycles. The molecule has 1 aliphatic rings. The molecule has 7 heteroatoms. The first kappa shape index (κ1) is 15.7. The molecule has 3 aromatic rings. The number of aromatic hydroxyl groups is 1. The van der Waals surface area contributed by atoms with Crippen molar-refractivity contribution in [3.63, 3.8) is 0 Å². The number of piperazine rings is 1. The molecule has 1 aromatic carbocycles. The summed E-state index contributed by atoms with van der Waals surface area (Å²) in [6.07, 6.45) is 2.64. The van der Waals surface area contributed by atoms with E-state index in [1.807, 2.05) is 31.4 Å². The fourth-order valence-corrected chi connectivity index (χ4v) is 3.34. The van der Waals surface area contributed by atoms with Gasteiger partial charge in [-0.05, 0) is 12.1 Å². The minimum Gasteiger partial charge on any atom is -0.506 e. The van der Waals surface area contributed by atoms with Crippen molar-refractivity contribution in [1.82, 2.24) is 19.7 Å². The van der Waals surface area contributed by atoms with E-state index in [0.29, 0.717) is 5.75 Å². The second kappa shape index (κ2) is 6.23. The van der Waals surface area contributed by atoms with Gasteiger partial charge in [-0.1, -0.05) is 19.1 Å². The number of phenolic OH excluding ortho intramolecular Hbond substituents is 1. The third kappa shape index (κ3) is 2.75. The maximum atomic E-state index is 10.1. The second-order valence-corrected chi connectivity index (χ2v) is 6.29. The minimum atomic E-state index is 0.334. The predicted molar refractivity (Wildman–Crippen MR) is 98.2 cm³/mol. The van der Waals surface area contributed by atoms with Gasteiger partial charge in [0, 0.05) is 39.6 Å². The van der Waals surface area contributed by atoms with E-state index in [0.717, 1.165) is 61.0 Å². The maximum absolute atomic E-state index is 10.1. The summed E-state index contributed by atoms with van der Waals surface area (Å²) in [6.45, 7) is 5.43. The summed E-state index contributed by atoms with van der Waals surface area (Å²) in [4.78, 5) is 13.9. The summed E-state index contributed by atoms with van der Waals surface area (Å²) < 4.78 is 1.80. The zero-order valence-corrected chi connectivity index (χ0v) is 14.6. The number of hydrogen-bond acceptors (Lipinski definition) is 6. The first-order valence-electron chi connectivity index (χ1n) is 8.64. The molecule has 0 atom stereocenters. The van der Waals surface area contributed by atoms with Crippen molar-refractivity contribution >= 4 is 22.5 Å². The van der Waals surface area contributed by atoms with E-state index in [4.69, 9.17) is 4.98 Å². The van der Waals surface area contributed by atoms with E-state index in [1.54, 1.807) is 10.7 Å². The molecule has 0 bridgehead atoms. The Labute approximate surface area is 146 Å². The lowest BCUT2D eigenvalue weighted by atomic mass is 10.2. The molecule has 0 unspecified atom stereocenters. The Kier molecular flexibility index (Phi) is 3.91. The van der Waals surface area contributed by atoms with E-state index in [1.165, 1.54) is 0 Å². The Hall–Kier alpha value is -2.83. The highest BCUT2D eigenvalue weighted by atomic mass is 16.3. The van der Waals surface area contributed by atoms with Gasteiger partial charge in [0.1, 0.15) is 17.4 Å². The molecule has 0 amide bonds. The zero-order valence-electron chi connectivity index (χ0n) is 14.6. The van der Waals surface area contributed by atoms with Gasteiger partial charge >= 0.3 is 0 Å². The summed E-state index contributed by atoms with van der Waals surface area (Å²) in [6, 6.07) is 7.50. The fourth-order valence-electron chi connectivity index (χ4n) is 3.34. The maximum Gasteiger partial charge on any atom is 0.163 e. The smallest absolute Gasteiger partial charge is 0.163 e. The van der Waals surface area contributed by atoms with Crippen LogP contribution in [0.15, 0.2) is 30.5 Å². The van der Waals surface area contributed by atoms with Crippen LogP contribution in [-0.2, 0) is 13.5 Å². The van der Waals surface area contributed by atoms with Crippen LogP contribution in [0.1, 0.15) is 12.7 Å². The van der Waals surface area contributed by atoms with Crippen LogP contribution in [0.5, 0.6) is 5.75 Å². The van der Waals surface area contributed by atoms with Crippen LogP contribution in [0.3, 0.4) is 0 Å². The number of nitrogens with zero attached hydrogens (tertiary/aromatic N) is 6. The van der Waals surface area contributed by atoms with E-state index in [9.17, 15) is 5.11 Å². The van der Waals surface area contributed by atoms with Crippen LogP contribution in [0.25, 0.3) is 11.0 Å². The van der Waals surface area contributed by atoms with Crippen LogP contribution in [0.4, 0.5) is 11.5 Å². The van der Waals surface area contributed by atoms with Gasteiger partial charge in [0.25, 0.3) is 0 Å². The Morgan fingerprint density at radius 2 is 1.76 bits per heavy atom. The predicted octanol–water partition coefficient (Wildman–Crippen LogP) is 1.96. The third-order valence-electron chi connectivity index (χ3n) is 4.74.